The van der Waals surface area contributed by atoms with Gasteiger partial charge in [0.1, 0.15) is 5.70 Å². The van der Waals surface area contributed by atoms with Gasteiger partial charge in [-0.2, -0.15) is 5.10 Å². The largest absolute Gasteiger partial charge is 0.395 e. The Labute approximate surface area is 137 Å². The molecule has 24 heavy (non-hydrogen) atoms. The van der Waals surface area contributed by atoms with E-state index >= 15 is 0 Å². The molecule has 1 aliphatic heterocycles. The molecule has 122 valence electrons. The van der Waals surface area contributed by atoms with E-state index in [-0.39, 0.29) is 23.6 Å². The van der Waals surface area contributed by atoms with Gasteiger partial charge in [-0.3, -0.25) is 9.89 Å². The monoisotopic (exact) mass is 324 g/mol. The van der Waals surface area contributed by atoms with E-state index in [0.717, 1.165) is 16.8 Å². The third-order valence-electron chi connectivity index (χ3n) is 3.53. The number of amides is 3. The Morgan fingerprint density at radius 3 is 2.75 bits per heavy atom. The van der Waals surface area contributed by atoms with Crippen molar-refractivity contribution in [3.8, 4) is 11.3 Å². The van der Waals surface area contributed by atoms with Crippen LogP contribution in [0, 0.1) is 0 Å². The molecule has 0 spiro atoms. The number of hydrogen-bond donors (Lipinski definition) is 5. The van der Waals surface area contributed by atoms with E-state index in [0.29, 0.717) is 0 Å². The highest BCUT2D eigenvalue weighted by Crippen LogP contribution is 2.20. The summed E-state index contributed by atoms with van der Waals surface area (Å²) < 4.78 is 0. The molecule has 2 aromatic rings. The van der Waals surface area contributed by atoms with E-state index in [2.05, 4.69) is 32.7 Å². The molecule has 0 saturated carbocycles. The first kappa shape index (κ1) is 15.3. The molecule has 8 nitrogen and oxygen atoms in total. The standard InChI is InChI=1S/C16H16N6O2/c1-9-12(17)14(21-16(24)20-9)15(23)18-7-11-8-19-22-13(11)10-5-3-2-4-6-10/h2-6,8H,1,7,17H2,(H,18,23)(H,19,22)(H2,20,21,24). The molecule has 1 aliphatic rings. The van der Waals surface area contributed by atoms with Crippen LogP contribution >= 0.6 is 0 Å². The number of H-pyrrole nitrogens is 1. The molecule has 0 saturated heterocycles. The Hall–Kier alpha value is -3.55. The topological polar surface area (TPSA) is 125 Å². The Morgan fingerprint density at radius 1 is 1.25 bits per heavy atom. The number of hydrogen-bond acceptors (Lipinski definition) is 4. The van der Waals surface area contributed by atoms with Crippen molar-refractivity contribution in [1.82, 2.24) is 26.1 Å². The second kappa shape index (κ2) is 6.29. The molecular formula is C16H16N6O2. The summed E-state index contributed by atoms with van der Waals surface area (Å²) in [6, 6.07) is 9.05. The van der Waals surface area contributed by atoms with Gasteiger partial charge >= 0.3 is 6.03 Å². The molecular weight excluding hydrogens is 308 g/mol. The van der Waals surface area contributed by atoms with Gasteiger partial charge in [-0.05, 0) is 0 Å². The van der Waals surface area contributed by atoms with Gasteiger partial charge in [-0.25, -0.2) is 4.79 Å². The van der Waals surface area contributed by atoms with Crippen molar-refractivity contribution in [3.05, 3.63) is 65.8 Å². The third-order valence-corrected chi connectivity index (χ3v) is 3.53. The number of aromatic nitrogens is 2. The van der Waals surface area contributed by atoms with Gasteiger partial charge in [0.05, 0.1) is 17.1 Å². The van der Waals surface area contributed by atoms with Crippen molar-refractivity contribution in [3.63, 3.8) is 0 Å². The number of aromatic amines is 1. The van der Waals surface area contributed by atoms with Crippen LogP contribution in [-0.2, 0) is 11.3 Å². The number of nitrogens with zero attached hydrogens (tertiary/aromatic N) is 1. The third kappa shape index (κ3) is 2.98. The van der Waals surface area contributed by atoms with Gasteiger partial charge in [0, 0.05) is 23.9 Å². The van der Waals surface area contributed by atoms with Crippen molar-refractivity contribution < 1.29 is 9.59 Å². The summed E-state index contributed by atoms with van der Waals surface area (Å²) in [5.74, 6) is -0.497. The Kier molecular flexibility index (Phi) is 4.02. The summed E-state index contributed by atoms with van der Waals surface area (Å²) in [6.07, 6.45) is 1.71. The van der Waals surface area contributed by atoms with E-state index in [1.807, 2.05) is 30.3 Å². The first-order valence-electron chi connectivity index (χ1n) is 7.19. The van der Waals surface area contributed by atoms with Crippen LogP contribution in [0.2, 0.25) is 0 Å². The average Bonchev–Trinajstić information content (AvgIpc) is 3.05. The predicted molar refractivity (Wildman–Crippen MR) is 87.9 cm³/mol. The van der Waals surface area contributed by atoms with Gasteiger partial charge in [0.15, 0.2) is 0 Å². The van der Waals surface area contributed by atoms with Crippen LogP contribution in [-0.4, -0.2) is 22.1 Å². The molecule has 0 radical (unpaired) electrons. The van der Waals surface area contributed by atoms with Crippen LogP contribution in [0.4, 0.5) is 4.79 Å². The molecule has 0 fully saturated rings. The predicted octanol–water partition coefficient (Wildman–Crippen LogP) is 0.690. The van der Waals surface area contributed by atoms with Gasteiger partial charge < -0.3 is 21.7 Å². The number of carbonyl (C=O) groups is 2. The lowest BCUT2D eigenvalue weighted by molar-refractivity contribution is -0.118. The molecule has 8 heteroatoms. The lowest BCUT2D eigenvalue weighted by Crippen LogP contribution is -2.46. The molecule has 0 unspecified atom stereocenters. The maximum Gasteiger partial charge on any atom is 0.323 e. The van der Waals surface area contributed by atoms with Crippen molar-refractivity contribution in [2.75, 3.05) is 0 Å². The zero-order valence-corrected chi connectivity index (χ0v) is 12.7. The van der Waals surface area contributed by atoms with Crippen molar-refractivity contribution in [1.29, 1.82) is 0 Å². The van der Waals surface area contributed by atoms with Crippen LogP contribution in [0.1, 0.15) is 5.56 Å². The normalized spacial score (nSPS) is 14.2. The number of rotatable bonds is 4. The minimum atomic E-state index is -0.548. The highest BCUT2D eigenvalue weighted by Gasteiger charge is 2.23. The molecule has 0 bridgehead atoms. The van der Waals surface area contributed by atoms with Crippen LogP contribution in [0.25, 0.3) is 11.3 Å². The number of benzene rings is 1. The fourth-order valence-electron chi connectivity index (χ4n) is 2.31. The first-order valence-corrected chi connectivity index (χ1v) is 7.19. The summed E-state index contributed by atoms with van der Waals surface area (Å²) in [7, 11) is 0. The van der Waals surface area contributed by atoms with Crippen LogP contribution in [0.3, 0.4) is 0 Å². The number of urea groups is 1. The minimum absolute atomic E-state index is 0.0199. The van der Waals surface area contributed by atoms with E-state index in [9.17, 15) is 9.59 Å². The van der Waals surface area contributed by atoms with Gasteiger partial charge in [-0.15, -0.1) is 0 Å². The maximum absolute atomic E-state index is 12.3. The molecule has 0 atom stereocenters. The van der Waals surface area contributed by atoms with Gasteiger partial charge in [0.2, 0.25) is 0 Å². The minimum Gasteiger partial charge on any atom is -0.395 e. The van der Waals surface area contributed by atoms with E-state index < -0.39 is 11.9 Å². The van der Waals surface area contributed by atoms with Gasteiger partial charge in [0.25, 0.3) is 5.91 Å². The van der Waals surface area contributed by atoms with Crippen molar-refractivity contribution in [2.45, 2.75) is 6.54 Å². The molecule has 6 N–H and O–H groups in total. The molecule has 1 aromatic heterocycles. The molecule has 3 amide bonds. The fourth-order valence-corrected chi connectivity index (χ4v) is 2.31. The van der Waals surface area contributed by atoms with Crippen LogP contribution in [0.5, 0.6) is 0 Å². The van der Waals surface area contributed by atoms with Crippen molar-refractivity contribution in [2.24, 2.45) is 5.73 Å². The average molecular weight is 324 g/mol. The second-order valence-electron chi connectivity index (χ2n) is 5.15. The summed E-state index contributed by atoms with van der Waals surface area (Å²) in [5, 5.41) is 14.5. The Bertz CT molecular complexity index is 837. The van der Waals surface area contributed by atoms with Gasteiger partial charge in [-0.1, -0.05) is 36.9 Å². The quantitative estimate of drug-likeness (QED) is 0.567. The van der Waals surface area contributed by atoms with Crippen molar-refractivity contribution >= 4 is 11.9 Å². The summed E-state index contributed by atoms with van der Waals surface area (Å²) in [5.41, 5.74) is 8.55. The zero-order valence-electron chi connectivity index (χ0n) is 12.7. The molecule has 0 aliphatic carbocycles. The van der Waals surface area contributed by atoms with Crippen LogP contribution < -0.4 is 21.7 Å². The maximum atomic E-state index is 12.3. The smallest absolute Gasteiger partial charge is 0.323 e. The number of carbonyl (C=O) groups excluding carboxylic acids is 2. The highest BCUT2D eigenvalue weighted by molar-refractivity contribution is 6.00. The summed E-state index contributed by atoms with van der Waals surface area (Å²) in [4.78, 5) is 23.7. The van der Waals surface area contributed by atoms with Crippen LogP contribution in [0.15, 0.2) is 60.2 Å². The highest BCUT2D eigenvalue weighted by atomic mass is 16.2. The summed E-state index contributed by atoms with van der Waals surface area (Å²) in [6.45, 7) is 3.82. The Balaban J connectivity index is 1.74. The van der Waals surface area contributed by atoms with E-state index in [4.69, 9.17) is 5.73 Å². The zero-order chi connectivity index (χ0) is 17.1. The lowest BCUT2D eigenvalue weighted by atomic mass is 10.1. The van der Waals surface area contributed by atoms with E-state index in [1.165, 1.54) is 0 Å². The lowest BCUT2D eigenvalue weighted by Gasteiger charge is -2.20. The molecule has 3 rings (SSSR count). The Morgan fingerprint density at radius 2 is 2.00 bits per heavy atom. The number of nitrogens with one attached hydrogen (secondary N) is 4. The molecule has 1 aromatic carbocycles. The SMILES string of the molecule is C=C1NC(=O)NC(C(=O)NCc2c[nH]nc2-c2ccccc2)=C1N. The second-order valence-corrected chi connectivity index (χ2v) is 5.15. The van der Waals surface area contributed by atoms with E-state index in [1.54, 1.807) is 6.20 Å². The fraction of sp³-hybridized carbons (Fsp3) is 0.0625. The first-order chi connectivity index (χ1) is 11.6. The summed E-state index contributed by atoms with van der Waals surface area (Å²) >= 11 is 0. The number of nitrogens with two attached hydrogens (primary N) is 1. The molecule has 2 heterocycles.